The minimum Gasteiger partial charge on any atom is -0.481 e. The summed E-state index contributed by atoms with van der Waals surface area (Å²) in [5.41, 5.74) is 2.95. The van der Waals surface area contributed by atoms with Crippen molar-refractivity contribution in [2.24, 2.45) is 5.92 Å². The fraction of sp³-hybridized carbons (Fsp3) is 0.467. The molecule has 1 aromatic carbocycles. The first-order valence-electron chi connectivity index (χ1n) is 6.74. The van der Waals surface area contributed by atoms with E-state index in [1.807, 2.05) is 32.0 Å². The van der Waals surface area contributed by atoms with Gasteiger partial charge in [0.2, 0.25) is 0 Å². The third-order valence-corrected chi connectivity index (χ3v) is 3.00. The van der Waals surface area contributed by atoms with Gasteiger partial charge in [-0.05, 0) is 49.9 Å². The van der Waals surface area contributed by atoms with E-state index in [2.05, 4.69) is 10.6 Å². The second-order valence-corrected chi connectivity index (χ2v) is 5.14. The Morgan fingerprint density at radius 3 is 2.35 bits per heavy atom. The standard InChI is InChI=1S/C15H22N2O3/c1-10-7-11(2)9-13(8-10)17-15(20)16-6-4-5-12(3)14(18)19/h7-9,12H,4-6H2,1-3H3,(H,18,19)(H2,16,17,20). The van der Waals surface area contributed by atoms with E-state index in [0.29, 0.717) is 19.4 Å². The Hall–Kier alpha value is -2.04. The van der Waals surface area contributed by atoms with E-state index in [1.165, 1.54) is 0 Å². The molecule has 0 bridgehead atoms. The number of hydrogen-bond acceptors (Lipinski definition) is 2. The number of carboxylic acids is 1. The lowest BCUT2D eigenvalue weighted by atomic mass is 10.1. The van der Waals surface area contributed by atoms with Crippen LogP contribution in [-0.4, -0.2) is 23.7 Å². The number of urea groups is 1. The number of amides is 2. The van der Waals surface area contributed by atoms with Gasteiger partial charge in [0.15, 0.2) is 0 Å². The molecule has 1 aromatic rings. The van der Waals surface area contributed by atoms with E-state index in [1.54, 1.807) is 6.92 Å². The number of aryl methyl sites for hydroxylation is 2. The van der Waals surface area contributed by atoms with Gasteiger partial charge in [0.25, 0.3) is 0 Å². The highest BCUT2D eigenvalue weighted by atomic mass is 16.4. The molecule has 0 saturated carbocycles. The molecule has 110 valence electrons. The number of anilines is 1. The largest absolute Gasteiger partial charge is 0.481 e. The number of hydrogen-bond donors (Lipinski definition) is 3. The van der Waals surface area contributed by atoms with Gasteiger partial charge < -0.3 is 15.7 Å². The van der Waals surface area contributed by atoms with Crippen molar-refractivity contribution in [1.29, 1.82) is 0 Å². The van der Waals surface area contributed by atoms with Gasteiger partial charge in [-0.25, -0.2) is 4.79 Å². The first kappa shape index (κ1) is 16.0. The molecule has 0 spiro atoms. The maximum Gasteiger partial charge on any atom is 0.319 e. The zero-order chi connectivity index (χ0) is 15.1. The summed E-state index contributed by atoms with van der Waals surface area (Å²) in [6.45, 7) is 6.08. The highest BCUT2D eigenvalue weighted by Crippen LogP contribution is 2.13. The fourth-order valence-corrected chi connectivity index (χ4v) is 1.96. The van der Waals surface area contributed by atoms with Crippen LogP contribution in [-0.2, 0) is 4.79 Å². The number of nitrogens with one attached hydrogen (secondary N) is 2. The van der Waals surface area contributed by atoms with Crippen molar-refractivity contribution in [2.75, 3.05) is 11.9 Å². The van der Waals surface area contributed by atoms with Crippen molar-refractivity contribution >= 4 is 17.7 Å². The molecule has 5 heteroatoms. The average molecular weight is 278 g/mol. The summed E-state index contributed by atoms with van der Waals surface area (Å²) in [6, 6.07) is 5.58. The summed E-state index contributed by atoms with van der Waals surface area (Å²) in [5, 5.41) is 14.2. The third-order valence-electron chi connectivity index (χ3n) is 3.00. The average Bonchev–Trinajstić information content (AvgIpc) is 2.32. The predicted octanol–water partition coefficient (Wildman–Crippen LogP) is 2.93. The normalized spacial score (nSPS) is 11.8. The molecule has 3 N–H and O–H groups in total. The number of benzene rings is 1. The van der Waals surface area contributed by atoms with Crippen molar-refractivity contribution in [3.8, 4) is 0 Å². The molecule has 1 atom stereocenters. The Bertz CT molecular complexity index is 466. The number of carboxylic acid groups (broad SMARTS) is 1. The smallest absolute Gasteiger partial charge is 0.319 e. The molecule has 1 rings (SSSR count). The van der Waals surface area contributed by atoms with Crippen LogP contribution in [0.25, 0.3) is 0 Å². The molecular formula is C15H22N2O3. The zero-order valence-corrected chi connectivity index (χ0v) is 12.2. The number of aliphatic carboxylic acids is 1. The number of carbonyl (C=O) groups is 2. The summed E-state index contributed by atoms with van der Waals surface area (Å²) >= 11 is 0. The van der Waals surface area contributed by atoms with E-state index in [4.69, 9.17) is 5.11 Å². The van der Waals surface area contributed by atoms with Gasteiger partial charge in [0, 0.05) is 12.2 Å². The van der Waals surface area contributed by atoms with Gasteiger partial charge >= 0.3 is 12.0 Å². The number of carbonyl (C=O) groups excluding carboxylic acids is 1. The third kappa shape index (κ3) is 5.73. The predicted molar refractivity (Wildman–Crippen MR) is 79.0 cm³/mol. The Balaban J connectivity index is 2.32. The van der Waals surface area contributed by atoms with Crippen LogP contribution < -0.4 is 10.6 Å². The fourth-order valence-electron chi connectivity index (χ4n) is 1.96. The van der Waals surface area contributed by atoms with E-state index in [9.17, 15) is 9.59 Å². The van der Waals surface area contributed by atoms with Crippen molar-refractivity contribution in [1.82, 2.24) is 5.32 Å². The molecule has 20 heavy (non-hydrogen) atoms. The van der Waals surface area contributed by atoms with Gasteiger partial charge in [-0.2, -0.15) is 0 Å². The minimum absolute atomic E-state index is 0.266. The molecule has 2 amide bonds. The van der Waals surface area contributed by atoms with Crippen molar-refractivity contribution in [2.45, 2.75) is 33.6 Å². The summed E-state index contributed by atoms with van der Waals surface area (Å²) < 4.78 is 0. The van der Waals surface area contributed by atoms with Crippen LogP contribution in [0.5, 0.6) is 0 Å². The van der Waals surface area contributed by atoms with Crippen LogP contribution >= 0.6 is 0 Å². The second kappa shape index (κ2) is 7.53. The lowest BCUT2D eigenvalue weighted by Gasteiger charge is -2.10. The van der Waals surface area contributed by atoms with Gasteiger partial charge in [0.1, 0.15) is 0 Å². The van der Waals surface area contributed by atoms with E-state index in [-0.39, 0.29) is 11.9 Å². The first-order chi connectivity index (χ1) is 9.38. The van der Waals surface area contributed by atoms with Crippen LogP contribution in [0.1, 0.15) is 30.9 Å². The van der Waals surface area contributed by atoms with Gasteiger partial charge in [-0.1, -0.05) is 13.0 Å². The van der Waals surface area contributed by atoms with E-state index < -0.39 is 5.97 Å². The molecular weight excluding hydrogens is 256 g/mol. The lowest BCUT2D eigenvalue weighted by molar-refractivity contribution is -0.141. The molecule has 0 aliphatic carbocycles. The maximum absolute atomic E-state index is 11.7. The Kier molecular flexibility index (Phi) is 6.03. The minimum atomic E-state index is -0.801. The summed E-state index contributed by atoms with van der Waals surface area (Å²) in [7, 11) is 0. The SMILES string of the molecule is Cc1cc(C)cc(NC(=O)NCCCC(C)C(=O)O)c1. The second-order valence-electron chi connectivity index (χ2n) is 5.14. The highest BCUT2D eigenvalue weighted by molar-refractivity contribution is 5.89. The van der Waals surface area contributed by atoms with E-state index in [0.717, 1.165) is 16.8 Å². The maximum atomic E-state index is 11.7. The Labute approximate surface area is 119 Å². The quantitative estimate of drug-likeness (QED) is 0.700. The Morgan fingerprint density at radius 1 is 1.20 bits per heavy atom. The number of rotatable bonds is 6. The van der Waals surface area contributed by atoms with Crippen molar-refractivity contribution < 1.29 is 14.7 Å². The molecule has 0 fully saturated rings. The highest BCUT2D eigenvalue weighted by Gasteiger charge is 2.10. The van der Waals surface area contributed by atoms with Crippen LogP contribution in [0.2, 0.25) is 0 Å². The van der Waals surface area contributed by atoms with Crippen molar-refractivity contribution in [3.05, 3.63) is 29.3 Å². The molecule has 5 nitrogen and oxygen atoms in total. The van der Waals surface area contributed by atoms with Crippen LogP contribution in [0.4, 0.5) is 10.5 Å². The first-order valence-corrected chi connectivity index (χ1v) is 6.74. The molecule has 1 unspecified atom stereocenters. The summed E-state index contributed by atoms with van der Waals surface area (Å²) in [6.07, 6.45) is 1.20. The lowest BCUT2D eigenvalue weighted by Crippen LogP contribution is -2.30. The molecule has 0 saturated heterocycles. The monoisotopic (exact) mass is 278 g/mol. The van der Waals surface area contributed by atoms with Crippen LogP contribution in [0, 0.1) is 19.8 Å². The molecule has 0 aliphatic heterocycles. The van der Waals surface area contributed by atoms with Crippen LogP contribution in [0.3, 0.4) is 0 Å². The van der Waals surface area contributed by atoms with Gasteiger partial charge in [-0.15, -0.1) is 0 Å². The van der Waals surface area contributed by atoms with Gasteiger partial charge in [-0.3, -0.25) is 4.79 Å². The summed E-state index contributed by atoms with van der Waals surface area (Å²) in [5.74, 6) is -1.18. The molecule has 0 aromatic heterocycles. The van der Waals surface area contributed by atoms with Gasteiger partial charge in [0.05, 0.1) is 5.92 Å². The molecule has 0 radical (unpaired) electrons. The topological polar surface area (TPSA) is 78.4 Å². The van der Waals surface area contributed by atoms with Crippen LogP contribution in [0.15, 0.2) is 18.2 Å². The zero-order valence-electron chi connectivity index (χ0n) is 12.2. The van der Waals surface area contributed by atoms with Crippen molar-refractivity contribution in [3.63, 3.8) is 0 Å². The van der Waals surface area contributed by atoms with E-state index >= 15 is 0 Å². The molecule has 0 aliphatic rings. The summed E-state index contributed by atoms with van der Waals surface area (Å²) in [4.78, 5) is 22.3. The molecule has 0 heterocycles. The Morgan fingerprint density at radius 2 is 1.80 bits per heavy atom.